The fourth-order valence-electron chi connectivity index (χ4n) is 0.534. The van der Waals surface area contributed by atoms with E-state index in [1.165, 1.54) is 0 Å². The van der Waals surface area contributed by atoms with Gasteiger partial charge in [-0.1, -0.05) is 20.3 Å². The van der Waals surface area contributed by atoms with Crippen LogP contribution in [0.25, 0.3) is 0 Å². The van der Waals surface area contributed by atoms with Gasteiger partial charge in [0.25, 0.3) is 0 Å². The Morgan fingerprint density at radius 1 is 1.40 bits per heavy atom. The van der Waals surface area contributed by atoms with Crippen LogP contribution in [0.1, 0.15) is 33.1 Å². The molecule has 0 aromatic rings. The molecular formula is C8H16O2. The van der Waals surface area contributed by atoms with Crippen molar-refractivity contribution in [1.82, 2.24) is 0 Å². The van der Waals surface area contributed by atoms with Gasteiger partial charge in [-0.15, -0.1) is 0 Å². The van der Waals surface area contributed by atoms with Gasteiger partial charge in [0.2, 0.25) is 0 Å². The summed E-state index contributed by atoms with van der Waals surface area (Å²) in [7, 11) is 0. The van der Waals surface area contributed by atoms with Crippen LogP contribution in [0.15, 0.2) is 0 Å². The minimum Gasteiger partial charge on any atom is -0.374 e. The molecule has 0 rings (SSSR count). The molecule has 10 heavy (non-hydrogen) atoms. The Labute approximate surface area is 62.6 Å². The molecule has 0 heterocycles. The normalized spacial score (nSPS) is 9.80. The van der Waals surface area contributed by atoms with E-state index in [1.54, 1.807) is 0 Å². The van der Waals surface area contributed by atoms with Crippen molar-refractivity contribution in [3.8, 4) is 0 Å². The van der Waals surface area contributed by atoms with E-state index in [9.17, 15) is 4.79 Å². The van der Waals surface area contributed by atoms with Gasteiger partial charge in [-0.25, -0.2) is 0 Å². The number of ketones is 1. The Balaban J connectivity index is 2.96. The van der Waals surface area contributed by atoms with Crippen molar-refractivity contribution in [3.05, 3.63) is 0 Å². The van der Waals surface area contributed by atoms with Crippen molar-refractivity contribution in [2.45, 2.75) is 33.1 Å². The average molecular weight is 144 g/mol. The van der Waals surface area contributed by atoms with Crippen molar-refractivity contribution in [1.29, 1.82) is 0 Å². The molecule has 0 saturated carbocycles. The van der Waals surface area contributed by atoms with Gasteiger partial charge >= 0.3 is 0 Å². The number of hydrogen-bond acceptors (Lipinski definition) is 2. The van der Waals surface area contributed by atoms with Crippen molar-refractivity contribution in [2.75, 3.05) is 13.2 Å². The molecule has 0 N–H and O–H groups in total. The molecule has 0 unspecified atom stereocenters. The van der Waals surface area contributed by atoms with Crippen LogP contribution in [0.5, 0.6) is 0 Å². The third-order valence-corrected chi connectivity index (χ3v) is 1.30. The van der Waals surface area contributed by atoms with E-state index in [4.69, 9.17) is 4.74 Å². The Morgan fingerprint density at radius 2 is 2.10 bits per heavy atom. The van der Waals surface area contributed by atoms with Gasteiger partial charge in [0, 0.05) is 13.0 Å². The van der Waals surface area contributed by atoms with E-state index in [0.717, 1.165) is 19.4 Å². The molecule has 0 aromatic carbocycles. The second-order valence-electron chi connectivity index (χ2n) is 2.30. The summed E-state index contributed by atoms with van der Waals surface area (Å²) < 4.78 is 5.08. The Hall–Kier alpha value is -0.370. The van der Waals surface area contributed by atoms with Gasteiger partial charge in [-0.3, -0.25) is 4.79 Å². The maximum Gasteiger partial charge on any atom is 0.158 e. The lowest BCUT2D eigenvalue weighted by Crippen LogP contribution is -2.07. The predicted octanol–water partition coefficient (Wildman–Crippen LogP) is 1.78. The smallest absolute Gasteiger partial charge is 0.158 e. The van der Waals surface area contributed by atoms with Crippen LogP contribution < -0.4 is 0 Å². The molecule has 0 bridgehead atoms. The van der Waals surface area contributed by atoms with Crippen LogP contribution in [0.3, 0.4) is 0 Å². The van der Waals surface area contributed by atoms with Crippen LogP contribution in [-0.2, 0) is 9.53 Å². The van der Waals surface area contributed by atoms with Crippen LogP contribution in [-0.4, -0.2) is 19.0 Å². The topological polar surface area (TPSA) is 26.3 Å². The number of Topliss-reactive ketones (excluding diaryl/α,β-unsaturated/α-hetero) is 1. The molecular weight excluding hydrogens is 128 g/mol. The molecule has 60 valence electrons. The third kappa shape index (κ3) is 5.76. The van der Waals surface area contributed by atoms with Crippen LogP contribution >= 0.6 is 0 Å². The van der Waals surface area contributed by atoms with Gasteiger partial charge < -0.3 is 4.74 Å². The molecule has 0 aliphatic rings. The van der Waals surface area contributed by atoms with Gasteiger partial charge in [0.15, 0.2) is 5.78 Å². The second-order valence-corrected chi connectivity index (χ2v) is 2.30. The summed E-state index contributed by atoms with van der Waals surface area (Å²) >= 11 is 0. The highest BCUT2D eigenvalue weighted by atomic mass is 16.5. The van der Waals surface area contributed by atoms with Gasteiger partial charge in [0.05, 0.1) is 0 Å². The summed E-state index contributed by atoms with van der Waals surface area (Å²) in [6, 6.07) is 0. The second kappa shape index (κ2) is 6.75. The molecule has 0 radical (unpaired) electrons. The predicted molar refractivity (Wildman–Crippen MR) is 41.0 cm³/mol. The zero-order chi connectivity index (χ0) is 7.82. The Bertz CT molecular complexity index is 89.3. The van der Waals surface area contributed by atoms with Crippen molar-refractivity contribution in [2.24, 2.45) is 0 Å². The number of carbonyl (C=O) groups is 1. The molecule has 2 heteroatoms. The van der Waals surface area contributed by atoms with E-state index >= 15 is 0 Å². The highest BCUT2D eigenvalue weighted by Crippen LogP contribution is 1.89. The van der Waals surface area contributed by atoms with E-state index in [0.29, 0.717) is 13.0 Å². The van der Waals surface area contributed by atoms with Crippen molar-refractivity contribution >= 4 is 5.78 Å². The molecule has 0 aliphatic carbocycles. The fraction of sp³-hybridized carbons (Fsp3) is 0.875. The molecule has 2 nitrogen and oxygen atoms in total. The lowest BCUT2D eigenvalue weighted by Gasteiger charge is -1.99. The summed E-state index contributed by atoms with van der Waals surface area (Å²) in [5.41, 5.74) is 0. The monoisotopic (exact) mass is 144 g/mol. The molecule has 0 aromatic heterocycles. The first kappa shape index (κ1) is 9.63. The summed E-state index contributed by atoms with van der Waals surface area (Å²) in [4.78, 5) is 10.6. The van der Waals surface area contributed by atoms with Crippen molar-refractivity contribution < 1.29 is 9.53 Å². The quantitative estimate of drug-likeness (QED) is 0.531. The van der Waals surface area contributed by atoms with E-state index < -0.39 is 0 Å². The lowest BCUT2D eigenvalue weighted by molar-refractivity contribution is -0.123. The third-order valence-electron chi connectivity index (χ3n) is 1.30. The molecule has 0 amide bonds. The van der Waals surface area contributed by atoms with Gasteiger partial charge in [-0.2, -0.15) is 0 Å². The van der Waals surface area contributed by atoms with Crippen LogP contribution in [0.2, 0.25) is 0 Å². The number of ether oxygens (including phenoxy) is 1. The van der Waals surface area contributed by atoms with E-state index in [2.05, 4.69) is 6.92 Å². The average Bonchev–Trinajstić information content (AvgIpc) is 1.98. The summed E-state index contributed by atoms with van der Waals surface area (Å²) in [6.07, 6.45) is 2.77. The zero-order valence-electron chi connectivity index (χ0n) is 6.85. The molecule has 0 atom stereocenters. The van der Waals surface area contributed by atoms with Crippen LogP contribution in [0, 0.1) is 0 Å². The molecule has 0 aliphatic heterocycles. The van der Waals surface area contributed by atoms with Gasteiger partial charge in [-0.05, 0) is 6.42 Å². The summed E-state index contributed by atoms with van der Waals surface area (Å²) in [5.74, 6) is 0.191. The summed E-state index contributed by atoms with van der Waals surface area (Å²) in [6.45, 7) is 4.98. The van der Waals surface area contributed by atoms with E-state index in [1.807, 2.05) is 6.92 Å². The maximum absolute atomic E-state index is 10.6. The SMILES string of the molecule is CCCCOCC(=O)CC. The molecule has 0 fully saturated rings. The lowest BCUT2D eigenvalue weighted by atomic mass is 10.3. The van der Waals surface area contributed by atoms with Gasteiger partial charge in [0.1, 0.15) is 6.61 Å². The van der Waals surface area contributed by atoms with Crippen molar-refractivity contribution in [3.63, 3.8) is 0 Å². The zero-order valence-corrected chi connectivity index (χ0v) is 6.85. The number of carbonyl (C=O) groups excluding carboxylic acids is 1. The first-order valence-corrected chi connectivity index (χ1v) is 3.90. The Morgan fingerprint density at radius 3 is 2.60 bits per heavy atom. The number of hydrogen-bond donors (Lipinski definition) is 0. The maximum atomic E-state index is 10.6. The number of unbranched alkanes of at least 4 members (excludes halogenated alkanes) is 1. The minimum atomic E-state index is 0.191. The first-order chi connectivity index (χ1) is 4.81. The standard InChI is InChI=1S/C8H16O2/c1-3-5-6-10-7-8(9)4-2/h3-7H2,1-2H3. The Kier molecular flexibility index (Phi) is 6.50. The van der Waals surface area contributed by atoms with Crippen LogP contribution in [0.4, 0.5) is 0 Å². The van der Waals surface area contributed by atoms with E-state index in [-0.39, 0.29) is 5.78 Å². The number of rotatable bonds is 6. The fourth-order valence-corrected chi connectivity index (χ4v) is 0.534. The highest BCUT2D eigenvalue weighted by molar-refractivity contribution is 5.79. The minimum absolute atomic E-state index is 0.191. The summed E-state index contributed by atoms with van der Waals surface area (Å²) in [5, 5.41) is 0. The largest absolute Gasteiger partial charge is 0.374 e. The molecule has 0 saturated heterocycles. The highest BCUT2D eigenvalue weighted by Gasteiger charge is 1.95. The first-order valence-electron chi connectivity index (χ1n) is 3.90. The molecule has 0 spiro atoms.